The van der Waals surface area contributed by atoms with Crippen LogP contribution < -0.4 is 10.6 Å². The van der Waals surface area contributed by atoms with Crippen molar-refractivity contribution in [3.63, 3.8) is 0 Å². The molecule has 6 rings (SSSR count). The topological polar surface area (TPSA) is 483 Å². The second-order valence-electron chi connectivity index (χ2n) is 18.3. The molecule has 0 radical (unpaired) electrons. The van der Waals surface area contributed by atoms with Crippen LogP contribution in [0.4, 0.5) is 0 Å². The Morgan fingerprint density at radius 2 is 0.789 bits per heavy atom. The molecule has 6 aliphatic heterocycles. The standard InChI is InChI=1S/C40H68N2O29/c1-9-19(47)24(52)28(56)37(63-9)62-8-16-33(34(18(35(60)65-16)42-12(4)46)71-39-30(58)25(53)20(48)10(2)64-39)70-36-17(41-11(3)45)23(51)32(14(6-44)67-36)69-40-31(59)27(55)22(50)15(68-40)7-61-38-29(57)26(54)21(49)13(5-43)66-38/h9-10,13-40,43-44,47-60H,5-8H2,1-4H3,(H,41,45)(H,42,46)/t9-,10-,13+,14-,15+,16-,17-,18-,19+,20+,21+,22+,23-,24+,25+,26-,27-,28-,29-,30-,31-,32-,33-,34-,35?,36+,37+,38-,39-,40-/m1/s1. The summed E-state index contributed by atoms with van der Waals surface area (Å²) < 4.78 is 63.8. The first-order valence-corrected chi connectivity index (χ1v) is 22.8. The van der Waals surface area contributed by atoms with Gasteiger partial charge in [0.25, 0.3) is 0 Å². The average Bonchev–Trinajstić information content (AvgIpc) is 3.32. The van der Waals surface area contributed by atoms with Crippen molar-refractivity contribution in [1.82, 2.24) is 10.6 Å². The van der Waals surface area contributed by atoms with Crippen molar-refractivity contribution in [1.29, 1.82) is 0 Å². The fourth-order valence-electron chi connectivity index (χ4n) is 9.00. The highest BCUT2D eigenvalue weighted by atomic mass is 16.8. The SMILES string of the molecule is CC(=O)N[C@H]1[C@H](O[C@H]2[C@H](O[C@H]3O[C@H](C)[C@H](O)[C@H](O)[C@H]3O)[C@@H](NC(C)=O)C(O)O[C@@H]2CO[C@H]2O[C@H](C)[C@H](O)[C@H](O)[C@H]2O)O[C@H](CO)[C@@H](O[C@H]2O[C@@H](CO[C@@H]3O[C@@H](CO)[C@H](O)[C@@H](O)[C@H]3O)[C@H](O)[C@@H](O)[C@H]2O)[C@@H]1O. The second kappa shape index (κ2) is 24.7. The van der Waals surface area contributed by atoms with Crippen LogP contribution in [0.5, 0.6) is 0 Å². The molecule has 0 saturated carbocycles. The normalized spacial score (nSPS) is 50.8. The van der Waals surface area contributed by atoms with E-state index < -0.39 is 222 Å². The number of carbonyl (C=O) groups is 2. The third-order valence-corrected chi connectivity index (χ3v) is 13.1. The number of carbonyl (C=O) groups excluding carboxylic acids is 2. The van der Waals surface area contributed by atoms with E-state index in [1.165, 1.54) is 13.8 Å². The Balaban J connectivity index is 1.28. The van der Waals surface area contributed by atoms with Crippen molar-refractivity contribution in [3.8, 4) is 0 Å². The minimum atomic E-state index is -2.11. The molecule has 31 nitrogen and oxygen atoms in total. The zero-order chi connectivity index (χ0) is 52.5. The lowest BCUT2D eigenvalue weighted by Gasteiger charge is -2.51. The van der Waals surface area contributed by atoms with Crippen LogP contribution in [0.2, 0.25) is 0 Å². The zero-order valence-electron chi connectivity index (χ0n) is 38.6. The van der Waals surface area contributed by atoms with Crippen molar-refractivity contribution in [2.24, 2.45) is 0 Å². The molecule has 0 aromatic rings. The van der Waals surface area contributed by atoms with Crippen molar-refractivity contribution < 1.29 is 143 Å². The first-order chi connectivity index (χ1) is 33.4. The van der Waals surface area contributed by atoms with Crippen LogP contribution in [0, 0.1) is 0 Å². The fraction of sp³-hybridized carbons (Fsp3) is 0.950. The van der Waals surface area contributed by atoms with E-state index in [1.54, 1.807) is 0 Å². The highest BCUT2D eigenvalue weighted by Gasteiger charge is 2.57. The summed E-state index contributed by atoms with van der Waals surface area (Å²) in [6, 6.07) is -3.47. The van der Waals surface area contributed by atoms with Crippen LogP contribution >= 0.6 is 0 Å². The van der Waals surface area contributed by atoms with Gasteiger partial charge in [0.05, 0.1) is 38.6 Å². The van der Waals surface area contributed by atoms with E-state index >= 15 is 0 Å². The molecular weight excluding hydrogens is 972 g/mol. The molecule has 71 heavy (non-hydrogen) atoms. The Kier molecular flexibility index (Phi) is 20.2. The summed E-state index contributed by atoms with van der Waals surface area (Å²) in [5.41, 5.74) is 0. The molecule has 0 aromatic heterocycles. The Morgan fingerprint density at radius 1 is 0.394 bits per heavy atom. The van der Waals surface area contributed by atoms with Gasteiger partial charge in [-0.05, 0) is 13.8 Å². The molecule has 0 aliphatic carbocycles. The van der Waals surface area contributed by atoms with Crippen LogP contribution in [0.25, 0.3) is 0 Å². The molecule has 0 bridgehead atoms. The smallest absolute Gasteiger partial charge is 0.217 e. The lowest BCUT2D eigenvalue weighted by molar-refractivity contribution is -0.378. The Hall–Kier alpha value is -2.14. The molecule has 1 unspecified atom stereocenters. The third kappa shape index (κ3) is 12.8. The number of ether oxygens (including phenoxy) is 11. The maximum absolute atomic E-state index is 12.8. The summed E-state index contributed by atoms with van der Waals surface area (Å²) in [7, 11) is 0. The van der Waals surface area contributed by atoms with E-state index in [9.17, 15) is 91.3 Å². The molecule has 31 heteroatoms. The molecule has 6 aliphatic rings. The van der Waals surface area contributed by atoms with Gasteiger partial charge in [0.2, 0.25) is 11.8 Å². The third-order valence-electron chi connectivity index (χ3n) is 13.1. The molecule has 6 heterocycles. The summed E-state index contributed by atoms with van der Waals surface area (Å²) in [5.74, 6) is -1.63. The van der Waals surface area contributed by atoms with Crippen LogP contribution in [-0.4, -0.2) is 304 Å². The second-order valence-corrected chi connectivity index (χ2v) is 18.3. The van der Waals surface area contributed by atoms with Crippen molar-refractivity contribution in [2.75, 3.05) is 26.4 Å². The summed E-state index contributed by atoms with van der Waals surface area (Å²) in [6.45, 7) is 1.36. The maximum Gasteiger partial charge on any atom is 0.217 e. The quantitative estimate of drug-likeness (QED) is 0.0682. The monoisotopic (exact) mass is 1040 g/mol. The van der Waals surface area contributed by atoms with Gasteiger partial charge in [-0.25, -0.2) is 0 Å². The fourth-order valence-corrected chi connectivity index (χ4v) is 9.00. The van der Waals surface area contributed by atoms with Crippen LogP contribution in [0.1, 0.15) is 27.7 Å². The predicted octanol–water partition coefficient (Wildman–Crippen LogP) is -11.8. The van der Waals surface area contributed by atoms with E-state index in [1.807, 2.05) is 0 Å². The molecule has 6 saturated heterocycles. The van der Waals surface area contributed by atoms with Crippen LogP contribution in [-0.2, 0) is 61.7 Å². The molecule has 2 amide bonds. The first kappa shape index (κ1) is 58.1. The molecule has 0 aromatic carbocycles. The van der Waals surface area contributed by atoms with Gasteiger partial charge in [0.15, 0.2) is 37.7 Å². The summed E-state index contributed by atoms with van der Waals surface area (Å²) >= 11 is 0. The van der Waals surface area contributed by atoms with Crippen LogP contribution in [0.3, 0.4) is 0 Å². The predicted molar refractivity (Wildman–Crippen MR) is 220 cm³/mol. The number of hydrogen-bond donors (Lipinski definition) is 18. The van der Waals surface area contributed by atoms with Gasteiger partial charge < -0.3 is 144 Å². The van der Waals surface area contributed by atoms with Crippen molar-refractivity contribution in [2.45, 2.75) is 212 Å². The molecule has 18 N–H and O–H groups in total. The molecule has 412 valence electrons. The number of amides is 2. The summed E-state index contributed by atoms with van der Waals surface area (Å²) in [4.78, 5) is 25.4. The Bertz CT molecular complexity index is 1710. The number of hydrogen-bond acceptors (Lipinski definition) is 29. The van der Waals surface area contributed by atoms with Gasteiger partial charge in [-0.2, -0.15) is 0 Å². The molecule has 30 atom stereocenters. The van der Waals surface area contributed by atoms with E-state index in [-0.39, 0.29) is 0 Å². The van der Waals surface area contributed by atoms with E-state index in [0.29, 0.717) is 0 Å². The highest BCUT2D eigenvalue weighted by molar-refractivity contribution is 5.73. The molecular formula is C40H68N2O29. The number of aliphatic hydroxyl groups is 16. The average molecular weight is 1040 g/mol. The van der Waals surface area contributed by atoms with E-state index in [2.05, 4.69) is 10.6 Å². The first-order valence-electron chi connectivity index (χ1n) is 22.8. The van der Waals surface area contributed by atoms with E-state index in [0.717, 1.165) is 13.8 Å². The summed E-state index contributed by atoms with van der Waals surface area (Å²) in [5, 5.41) is 175. The van der Waals surface area contributed by atoms with Gasteiger partial charge in [-0.15, -0.1) is 0 Å². The lowest BCUT2D eigenvalue weighted by atomic mass is 9.93. The number of rotatable bonds is 16. The largest absolute Gasteiger partial charge is 0.394 e. The summed E-state index contributed by atoms with van der Waals surface area (Å²) in [6.07, 6.45) is -49.8. The minimum Gasteiger partial charge on any atom is -0.394 e. The number of aliphatic hydroxyl groups excluding tert-OH is 16. The van der Waals surface area contributed by atoms with Gasteiger partial charge >= 0.3 is 0 Å². The van der Waals surface area contributed by atoms with E-state index in [4.69, 9.17) is 52.1 Å². The van der Waals surface area contributed by atoms with Crippen LogP contribution in [0.15, 0.2) is 0 Å². The highest BCUT2D eigenvalue weighted by Crippen LogP contribution is 2.36. The minimum absolute atomic E-state index is 0.772. The van der Waals surface area contributed by atoms with Gasteiger partial charge in [-0.3, -0.25) is 9.59 Å². The van der Waals surface area contributed by atoms with Crippen molar-refractivity contribution in [3.05, 3.63) is 0 Å². The lowest BCUT2D eigenvalue weighted by Crippen LogP contribution is -2.71. The Morgan fingerprint density at radius 3 is 1.32 bits per heavy atom. The Labute approximate surface area is 403 Å². The molecule has 6 fully saturated rings. The van der Waals surface area contributed by atoms with Gasteiger partial charge in [0, 0.05) is 13.8 Å². The maximum atomic E-state index is 12.8. The zero-order valence-corrected chi connectivity index (χ0v) is 38.6. The van der Waals surface area contributed by atoms with Crippen molar-refractivity contribution >= 4 is 11.8 Å². The number of nitrogens with one attached hydrogen (secondary N) is 2. The van der Waals surface area contributed by atoms with Gasteiger partial charge in [-0.1, -0.05) is 0 Å². The molecule has 0 spiro atoms. The van der Waals surface area contributed by atoms with Gasteiger partial charge in [0.1, 0.15) is 134 Å².